The van der Waals surface area contributed by atoms with Gasteiger partial charge in [-0.05, 0) is 43.4 Å². The molecule has 0 spiro atoms. The molecule has 0 amide bonds. The highest BCUT2D eigenvalue weighted by Crippen LogP contribution is 2.32. The number of ether oxygens (including phenoxy) is 1. The van der Waals surface area contributed by atoms with E-state index in [1.54, 1.807) is 7.11 Å². The summed E-state index contributed by atoms with van der Waals surface area (Å²) in [6.07, 6.45) is 9.24. The van der Waals surface area contributed by atoms with Gasteiger partial charge in [0.1, 0.15) is 5.75 Å². The number of methoxy groups -OCH3 is 1. The predicted molar refractivity (Wildman–Crippen MR) is 86.9 cm³/mol. The third-order valence-corrected chi connectivity index (χ3v) is 4.54. The van der Waals surface area contributed by atoms with Crippen molar-refractivity contribution in [3.05, 3.63) is 23.2 Å². The fraction of sp³-hybridized carbons (Fsp3) is 0.647. The van der Waals surface area contributed by atoms with Gasteiger partial charge in [0.05, 0.1) is 12.8 Å². The number of rotatable bonds is 5. The number of hydrogen-bond acceptors (Lipinski definition) is 2. The van der Waals surface area contributed by atoms with E-state index in [4.69, 9.17) is 16.3 Å². The molecule has 2 nitrogen and oxygen atoms in total. The summed E-state index contributed by atoms with van der Waals surface area (Å²) in [6.45, 7) is 2.29. The fourth-order valence-electron chi connectivity index (χ4n) is 3.23. The highest BCUT2D eigenvalue weighted by atomic mass is 35.5. The third kappa shape index (κ3) is 4.31. The van der Waals surface area contributed by atoms with Crippen LogP contribution in [0.1, 0.15) is 51.9 Å². The van der Waals surface area contributed by atoms with Crippen molar-refractivity contribution in [1.29, 1.82) is 0 Å². The Kier molecular flexibility index (Phi) is 6.03. The lowest BCUT2D eigenvalue weighted by molar-refractivity contribution is 0.414. The van der Waals surface area contributed by atoms with Crippen LogP contribution < -0.4 is 10.1 Å². The van der Waals surface area contributed by atoms with E-state index in [9.17, 15) is 0 Å². The quantitative estimate of drug-likeness (QED) is 0.723. The average molecular weight is 296 g/mol. The van der Waals surface area contributed by atoms with E-state index in [2.05, 4.69) is 12.2 Å². The van der Waals surface area contributed by atoms with E-state index >= 15 is 0 Å². The van der Waals surface area contributed by atoms with Gasteiger partial charge < -0.3 is 10.1 Å². The molecule has 0 aromatic heterocycles. The van der Waals surface area contributed by atoms with Crippen molar-refractivity contribution in [3.63, 3.8) is 0 Å². The summed E-state index contributed by atoms with van der Waals surface area (Å²) in [5.41, 5.74) is 1.03. The Hall–Kier alpha value is -0.890. The number of hydrogen-bond donors (Lipinski definition) is 1. The normalized spacial score (nSPS) is 23.1. The van der Waals surface area contributed by atoms with E-state index in [-0.39, 0.29) is 0 Å². The summed E-state index contributed by atoms with van der Waals surface area (Å²) in [7, 11) is 1.71. The van der Waals surface area contributed by atoms with Crippen LogP contribution in [0.15, 0.2) is 18.2 Å². The Morgan fingerprint density at radius 2 is 2.10 bits per heavy atom. The maximum Gasteiger partial charge on any atom is 0.142 e. The Morgan fingerprint density at radius 1 is 1.25 bits per heavy atom. The summed E-state index contributed by atoms with van der Waals surface area (Å²) >= 11 is 6.09. The van der Waals surface area contributed by atoms with Gasteiger partial charge in [0.15, 0.2) is 0 Å². The summed E-state index contributed by atoms with van der Waals surface area (Å²) in [5, 5.41) is 4.39. The number of anilines is 1. The Bertz CT molecular complexity index is 421. The minimum atomic E-state index is 0.546. The second-order valence-corrected chi connectivity index (χ2v) is 6.29. The molecule has 2 atom stereocenters. The summed E-state index contributed by atoms with van der Waals surface area (Å²) in [4.78, 5) is 0. The number of nitrogens with one attached hydrogen (secondary N) is 1. The molecule has 0 aliphatic heterocycles. The zero-order chi connectivity index (χ0) is 14.4. The van der Waals surface area contributed by atoms with Crippen molar-refractivity contribution in [1.82, 2.24) is 0 Å². The van der Waals surface area contributed by atoms with Gasteiger partial charge >= 0.3 is 0 Å². The van der Waals surface area contributed by atoms with Crippen LogP contribution in [0.5, 0.6) is 5.75 Å². The Morgan fingerprint density at radius 3 is 2.85 bits per heavy atom. The standard InChI is InChI=1S/C17H26ClNO/c1-3-5-13-6-4-7-15(10-8-13)19-16-12-14(18)9-11-17(16)20-2/h9,11-13,15,19H,3-8,10H2,1-2H3. The molecule has 0 heterocycles. The summed E-state index contributed by atoms with van der Waals surface area (Å²) in [6, 6.07) is 6.32. The maximum atomic E-state index is 6.09. The molecule has 1 aromatic carbocycles. The molecule has 0 radical (unpaired) electrons. The van der Waals surface area contributed by atoms with Gasteiger partial charge in [0, 0.05) is 11.1 Å². The van der Waals surface area contributed by atoms with Crippen LogP contribution in [-0.4, -0.2) is 13.2 Å². The molecule has 1 aliphatic carbocycles. The van der Waals surface area contributed by atoms with Crippen molar-refractivity contribution in [2.45, 2.75) is 57.9 Å². The van der Waals surface area contributed by atoms with Crippen LogP contribution in [0.3, 0.4) is 0 Å². The van der Waals surface area contributed by atoms with Gasteiger partial charge in [-0.2, -0.15) is 0 Å². The number of benzene rings is 1. The van der Waals surface area contributed by atoms with Gasteiger partial charge in [-0.3, -0.25) is 0 Å². The molecule has 1 aromatic rings. The fourth-order valence-corrected chi connectivity index (χ4v) is 3.40. The van der Waals surface area contributed by atoms with E-state index in [1.807, 2.05) is 18.2 Å². The zero-order valence-electron chi connectivity index (χ0n) is 12.6. The third-order valence-electron chi connectivity index (χ3n) is 4.31. The minimum Gasteiger partial charge on any atom is -0.495 e. The zero-order valence-corrected chi connectivity index (χ0v) is 13.4. The van der Waals surface area contributed by atoms with Crippen molar-refractivity contribution in [2.24, 2.45) is 5.92 Å². The molecule has 0 saturated heterocycles. The predicted octanol–water partition coefficient (Wildman–Crippen LogP) is 5.51. The molecular formula is C17H26ClNO. The van der Waals surface area contributed by atoms with Crippen LogP contribution in [0, 0.1) is 5.92 Å². The molecule has 1 aliphatic rings. The largest absolute Gasteiger partial charge is 0.495 e. The van der Waals surface area contributed by atoms with Gasteiger partial charge in [-0.1, -0.05) is 44.2 Å². The van der Waals surface area contributed by atoms with Gasteiger partial charge in [0.2, 0.25) is 0 Å². The van der Waals surface area contributed by atoms with Crippen LogP contribution in [0.25, 0.3) is 0 Å². The molecule has 20 heavy (non-hydrogen) atoms. The smallest absolute Gasteiger partial charge is 0.142 e. The molecule has 2 rings (SSSR count). The molecule has 112 valence electrons. The Labute approximate surface area is 127 Å². The molecule has 1 fully saturated rings. The molecule has 1 saturated carbocycles. The van der Waals surface area contributed by atoms with Crippen molar-refractivity contribution in [2.75, 3.05) is 12.4 Å². The van der Waals surface area contributed by atoms with E-state index in [0.29, 0.717) is 6.04 Å². The van der Waals surface area contributed by atoms with Crippen molar-refractivity contribution >= 4 is 17.3 Å². The van der Waals surface area contributed by atoms with Crippen LogP contribution in [0.4, 0.5) is 5.69 Å². The van der Waals surface area contributed by atoms with Gasteiger partial charge in [-0.15, -0.1) is 0 Å². The highest BCUT2D eigenvalue weighted by molar-refractivity contribution is 6.30. The van der Waals surface area contributed by atoms with E-state index < -0.39 is 0 Å². The monoisotopic (exact) mass is 295 g/mol. The minimum absolute atomic E-state index is 0.546. The lowest BCUT2D eigenvalue weighted by Crippen LogP contribution is -2.19. The lowest BCUT2D eigenvalue weighted by Gasteiger charge is -2.20. The molecule has 2 unspecified atom stereocenters. The Balaban J connectivity index is 1.97. The number of halogens is 1. The highest BCUT2D eigenvalue weighted by Gasteiger charge is 2.19. The molecule has 0 bridgehead atoms. The van der Waals surface area contributed by atoms with Crippen LogP contribution in [0.2, 0.25) is 5.02 Å². The van der Waals surface area contributed by atoms with E-state index in [0.717, 1.165) is 22.4 Å². The first-order valence-corrected chi connectivity index (χ1v) is 8.20. The van der Waals surface area contributed by atoms with Crippen LogP contribution in [-0.2, 0) is 0 Å². The second kappa shape index (κ2) is 7.78. The lowest BCUT2D eigenvalue weighted by atomic mass is 9.95. The first kappa shape index (κ1) is 15.5. The first-order valence-electron chi connectivity index (χ1n) is 7.83. The SMILES string of the molecule is CCCC1CCCC(Nc2cc(Cl)ccc2OC)CC1. The molecule has 1 N–H and O–H groups in total. The second-order valence-electron chi connectivity index (χ2n) is 5.85. The van der Waals surface area contributed by atoms with E-state index in [1.165, 1.54) is 44.9 Å². The maximum absolute atomic E-state index is 6.09. The van der Waals surface area contributed by atoms with Gasteiger partial charge in [-0.25, -0.2) is 0 Å². The van der Waals surface area contributed by atoms with Crippen molar-refractivity contribution in [3.8, 4) is 5.75 Å². The topological polar surface area (TPSA) is 21.3 Å². The first-order chi connectivity index (χ1) is 9.72. The van der Waals surface area contributed by atoms with Crippen molar-refractivity contribution < 1.29 is 4.74 Å². The molecule has 3 heteroatoms. The summed E-state index contributed by atoms with van der Waals surface area (Å²) < 4.78 is 5.41. The summed E-state index contributed by atoms with van der Waals surface area (Å²) in [5.74, 6) is 1.80. The van der Waals surface area contributed by atoms with Crippen LogP contribution >= 0.6 is 11.6 Å². The van der Waals surface area contributed by atoms with Gasteiger partial charge in [0.25, 0.3) is 0 Å². The average Bonchev–Trinajstić information content (AvgIpc) is 2.65. The molecular weight excluding hydrogens is 270 g/mol.